The SMILES string of the molecule is O=C(c1cc(Cn2c3c(c(=O)[nH]c2=O)CCCC3)ccc1F)N1CCC(c2ccccc2)CC1. The van der Waals surface area contributed by atoms with Crippen LogP contribution in [0.5, 0.6) is 0 Å². The Morgan fingerprint density at radius 1 is 1.00 bits per heavy atom. The molecule has 2 aromatic carbocycles. The highest BCUT2D eigenvalue weighted by atomic mass is 19.1. The van der Waals surface area contributed by atoms with Crippen molar-refractivity contribution >= 4 is 5.91 Å². The number of likely N-dealkylation sites (tertiary alicyclic amines) is 1. The Morgan fingerprint density at radius 2 is 1.74 bits per heavy atom. The molecule has 34 heavy (non-hydrogen) atoms. The summed E-state index contributed by atoms with van der Waals surface area (Å²) in [5.74, 6) is -0.476. The van der Waals surface area contributed by atoms with E-state index in [9.17, 15) is 18.8 Å². The van der Waals surface area contributed by atoms with Gasteiger partial charge in [-0.25, -0.2) is 9.18 Å². The molecule has 1 aliphatic carbocycles. The number of carbonyl (C=O) groups excluding carboxylic acids is 1. The number of nitrogens with one attached hydrogen (secondary N) is 1. The van der Waals surface area contributed by atoms with Crippen molar-refractivity contribution in [1.82, 2.24) is 14.5 Å². The fourth-order valence-corrected chi connectivity index (χ4v) is 5.29. The van der Waals surface area contributed by atoms with Crippen LogP contribution in [0.25, 0.3) is 0 Å². The van der Waals surface area contributed by atoms with Crippen molar-refractivity contribution in [2.24, 2.45) is 0 Å². The fourth-order valence-electron chi connectivity index (χ4n) is 5.29. The second-order valence-corrected chi connectivity index (χ2v) is 9.27. The minimum Gasteiger partial charge on any atom is -0.339 e. The maximum Gasteiger partial charge on any atom is 0.328 e. The number of fused-ring (bicyclic) bond motifs is 1. The zero-order chi connectivity index (χ0) is 23.7. The van der Waals surface area contributed by atoms with Gasteiger partial charge in [-0.05, 0) is 67.7 Å². The third-order valence-corrected chi connectivity index (χ3v) is 7.16. The normalized spacial score (nSPS) is 16.3. The molecule has 0 spiro atoms. The predicted octanol–water partition coefficient (Wildman–Crippen LogP) is 3.62. The summed E-state index contributed by atoms with van der Waals surface area (Å²) in [5, 5.41) is 0. The second kappa shape index (κ2) is 9.41. The molecule has 0 radical (unpaired) electrons. The van der Waals surface area contributed by atoms with Gasteiger partial charge >= 0.3 is 5.69 Å². The summed E-state index contributed by atoms with van der Waals surface area (Å²) in [6.45, 7) is 1.35. The summed E-state index contributed by atoms with van der Waals surface area (Å²) < 4.78 is 16.3. The van der Waals surface area contributed by atoms with Gasteiger partial charge in [-0.15, -0.1) is 0 Å². The van der Waals surface area contributed by atoms with E-state index in [1.807, 2.05) is 18.2 Å². The highest BCUT2D eigenvalue weighted by molar-refractivity contribution is 5.94. The van der Waals surface area contributed by atoms with E-state index in [1.54, 1.807) is 21.6 Å². The average molecular weight is 462 g/mol. The van der Waals surface area contributed by atoms with Crippen molar-refractivity contribution in [3.05, 3.63) is 103 Å². The van der Waals surface area contributed by atoms with Crippen LogP contribution < -0.4 is 11.2 Å². The van der Waals surface area contributed by atoms with Crippen molar-refractivity contribution in [3.63, 3.8) is 0 Å². The summed E-state index contributed by atoms with van der Waals surface area (Å²) in [6.07, 6.45) is 4.84. The number of piperidine rings is 1. The van der Waals surface area contributed by atoms with E-state index in [0.717, 1.165) is 31.4 Å². The summed E-state index contributed by atoms with van der Waals surface area (Å²) in [6, 6.07) is 14.7. The first-order valence-corrected chi connectivity index (χ1v) is 12.0. The molecular weight excluding hydrogens is 433 g/mol. The molecule has 1 aromatic heterocycles. The van der Waals surface area contributed by atoms with Crippen molar-refractivity contribution in [3.8, 4) is 0 Å². The number of nitrogens with zero attached hydrogens (tertiary/aromatic N) is 2. The van der Waals surface area contributed by atoms with Gasteiger partial charge in [-0.3, -0.25) is 19.1 Å². The number of aromatic amines is 1. The number of halogens is 1. The van der Waals surface area contributed by atoms with Crippen molar-refractivity contribution < 1.29 is 9.18 Å². The Kier molecular flexibility index (Phi) is 6.18. The number of H-pyrrole nitrogens is 1. The summed E-state index contributed by atoms with van der Waals surface area (Å²) >= 11 is 0. The number of hydrogen-bond acceptors (Lipinski definition) is 3. The molecule has 1 aliphatic heterocycles. The monoisotopic (exact) mass is 461 g/mol. The topological polar surface area (TPSA) is 75.2 Å². The Hall–Kier alpha value is -3.48. The van der Waals surface area contributed by atoms with Gasteiger partial charge in [0.05, 0.1) is 12.1 Å². The van der Waals surface area contributed by atoms with E-state index in [4.69, 9.17) is 0 Å². The molecule has 1 saturated heterocycles. The van der Waals surface area contributed by atoms with Crippen LogP contribution in [0, 0.1) is 5.82 Å². The van der Waals surface area contributed by atoms with Crippen LogP contribution in [0.2, 0.25) is 0 Å². The van der Waals surface area contributed by atoms with Crippen LogP contribution in [0.3, 0.4) is 0 Å². The number of benzene rings is 2. The Morgan fingerprint density at radius 3 is 2.50 bits per heavy atom. The Labute approximate surface area is 197 Å². The molecule has 0 bridgehead atoms. The van der Waals surface area contributed by atoms with Gasteiger partial charge in [-0.2, -0.15) is 0 Å². The van der Waals surface area contributed by atoms with Gasteiger partial charge in [-0.1, -0.05) is 36.4 Å². The Balaban J connectivity index is 1.35. The third-order valence-electron chi connectivity index (χ3n) is 7.16. The van der Waals surface area contributed by atoms with Crippen molar-refractivity contribution in [1.29, 1.82) is 0 Å². The molecule has 1 fully saturated rings. The quantitative estimate of drug-likeness (QED) is 0.645. The van der Waals surface area contributed by atoms with Crippen molar-refractivity contribution in [2.75, 3.05) is 13.1 Å². The first-order valence-electron chi connectivity index (χ1n) is 12.0. The first-order chi connectivity index (χ1) is 16.5. The molecule has 5 rings (SSSR count). The van der Waals surface area contributed by atoms with E-state index >= 15 is 0 Å². The lowest BCUT2D eigenvalue weighted by Gasteiger charge is -2.32. The molecule has 176 valence electrons. The van der Waals surface area contributed by atoms with Gasteiger partial charge in [0.15, 0.2) is 0 Å². The van der Waals surface area contributed by atoms with Crippen molar-refractivity contribution in [2.45, 2.75) is 51.0 Å². The van der Waals surface area contributed by atoms with E-state index in [-0.39, 0.29) is 23.6 Å². The van der Waals surface area contributed by atoms with Gasteiger partial charge < -0.3 is 4.90 Å². The van der Waals surface area contributed by atoms with Crippen LogP contribution in [0.1, 0.15) is 64.3 Å². The molecule has 7 heteroatoms. The van der Waals surface area contributed by atoms with Crippen LogP contribution in [0.4, 0.5) is 4.39 Å². The van der Waals surface area contributed by atoms with E-state index in [0.29, 0.717) is 43.0 Å². The smallest absolute Gasteiger partial charge is 0.328 e. The van der Waals surface area contributed by atoms with Crippen LogP contribution in [-0.4, -0.2) is 33.4 Å². The predicted molar refractivity (Wildman–Crippen MR) is 128 cm³/mol. The molecule has 2 heterocycles. The highest BCUT2D eigenvalue weighted by Gasteiger charge is 2.26. The zero-order valence-electron chi connectivity index (χ0n) is 19.1. The second-order valence-electron chi connectivity index (χ2n) is 9.27. The lowest BCUT2D eigenvalue weighted by molar-refractivity contribution is 0.0708. The fraction of sp³-hybridized carbons (Fsp3) is 0.370. The summed E-state index contributed by atoms with van der Waals surface area (Å²) in [5.41, 5.74) is 2.59. The van der Waals surface area contributed by atoms with Crippen LogP contribution in [0.15, 0.2) is 58.1 Å². The van der Waals surface area contributed by atoms with Gasteiger partial charge in [0, 0.05) is 24.3 Å². The van der Waals surface area contributed by atoms with Gasteiger partial charge in [0.25, 0.3) is 11.5 Å². The molecule has 0 saturated carbocycles. The highest BCUT2D eigenvalue weighted by Crippen LogP contribution is 2.29. The van der Waals surface area contributed by atoms with E-state index in [1.165, 1.54) is 11.6 Å². The molecule has 0 atom stereocenters. The zero-order valence-corrected chi connectivity index (χ0v) is 19.1. The first kappa shape index (κ1) is 22.3. The number of aromatic nitrogens is 2. The van der Waals surface area contributed by atoms with Gasteiger partial charge in [0.1, 0.15) is 5.82 Å². The minimum atomic E-state index is -0.560. The standard InChI is InChI=1S/C27H28FN3O3/c28-23-11-10-18(17-31-24-9-5-4-8-21(24)25(32)29-27(31)34)16-22(23)26(33)30-14-12-20(13-15-30)19-6-2-1-3-7-19/h1-3,6-7,10-11,16,20H,4-5,8-9,12-15,17H2,(H,29,32,34). The molecule has 6 nitrogen and oxygen atoms in total. The summed E-state index contributed by atoms with van der Waals surface area (Å²) in [7, 11) is 0. The molecule has 0 unspecified atom stereocenters. The molecule has 1 N–H and O–H groups in total. The van der Waals surface area contributed by atoms with E-state index in [2.05, 4.69) is 17.1 Å². The largest absolute Gasteiger partial charge is 0.339 e. The Bertz CT molecular complexity index is 1320. The lowest BCUT2D eigenvalue weighted by Crippen LogP contribution is -2.38. The molecular formula is C27H28FN3O3. The number of carbonyl (C=O) groups is 1. The maximum absolute atomic E-state index is 14.7. The number of amides is 1. The number of rotatable bonds is 4. The summed E-state index contributed by atoms with van der Waals surface area (Å²) in [4.78, 5) is 42.1. The van der Waals surface area contributed by atoms with E-state index < -0.39 is 11.5 Å². The maximum atomic E-state index is 14.7. The third kappa shape index (κ3) is 4.34. The lowest BCUT2D eigenvalue weighted by atomic mass is 9.89. The molecule has 1 amide bonds. The van der Waals surface area contributed by atoms with Gasteiger partial charge in [0.2, 0.25) is 0 Å². The molecule has 2 aliphatic rings. The van der Waals surface area contributed by atoms with Crippen LogP contribution in [-0.2, 0) is 19.4 Å². The average Bonchev–Trinajstić information content (AvgIpc) is 2.88. The number of hydrogen-bond donors (Lipinski definition) is 1. The molecule has 3 aromatic rings. The van der Waals surface area contributed by atoms with Crippen LogP contribution >= 0.6 is 0 Å². The minimum absolute atomic E-state index is 0.0296.